The van der Waals surface area contributed by atoms with E-state index in [4.69, 9.17) is 14.6 Å². The Bertz CT molecular complexity index is 1200. The van der Waals surface area contributed by atoms with Crippen molar-refractivity contribution in [1.82, 2.24) is 0 Å². The summed E-state index contributed by atoms with van der Waals surface area (Å²) < 4.78 is 39.2. The molecule has 34 heavy (non-hydrogen) atoms. The van der Waals surface area contributed by atoms with Gasteiger partial charge in [-0.2, -0.15) is 0 Å². The molecule has 0 heterocycles. The van der Waals surface area contributed by atoms with Crippen LogP contribution in [-0.4, -0.2) is 32.7 Å². The molecule has 180 valence electrons. The zero-order valence-corrected chi connectivity index (χ0v) is 20.3. The molecule has 0 spiro atoms. The number of hydrogen-bond donors (Lipinski definition) is 2. The molecular formula is C26H29NO6S. The van der Waals surface area contributed by atoms with Gasteiger partial charge in [0, 0.05) is 5.69 Å². The van der Waals surface area contributed by atoms with Gasteiger partial charge in [-0.25, -0.2) is 13.2 Å². The fourth-order valence-electron chi connectivity index (χ4n) is 3.14. The Hall–Kier alpha value is -3.52. The Morgan fingerprint density at radius 2 is 1.35 bits per heavy atom. The van der Waals surface area contributed by atoms with E-state index in [0.717, 1.165) is 12.0 Å². The first-order valence-electron chi connectivity index (χ1n) is 10.9. The average molecular weight is 484 g/mol. The Balaban J connectivity index is 1.51. The van der Waals surface area contributed by atoms with Crippen LogP contribution in [0.4, 0.5) is 5.69 Å². The molecule has 3 aromatic carbocycles. The predicted molar refractivity (Wildman–Crippen MR) is 131 cm³/mol. The van der Waals surface area contributed by atoms with Crippen molar-refractivity contribution < 1.29 is 27.8 Å². The van der Waals surface area contributed by atoms with E-state index in [9.17, 15) is 13.2 Å². The van der Waals surface area contributed by atoms with E-state index in [1.807, 2.05) is 12.1 Å². The highest BCUT2D eigenvalue weighted by molar-refractivity contribution is 7.92. The molecule has 8 heteroatoms. The molecule has 0 bridgehead atoms. The molecular weight excluding hydrogens is 454 g/mol. The lowest BCUT2D eigenvalue weighted by atomic mass is 9.82. The van der Waals surface area contributed by atoms with Crippen molar-refractivity contribution in [2.24, 2.45) is 0 Å². The maximum Gasteiger partial charge on any atom is 0.335 e. The van der Waals surface area contributed by atoms with Crippen molar-refractivity contribution >= 4 is 21.7 Å². The van der Waals surface area contributed by atoms with Gasteiger partial charge in [-0.3, -0.25) is 4.72 Å². The van der Waals surface area contributed by atoms with Crippen LogP contribution in [0.25, 0.3) is 0 Å². The van der Waals surface area contributed by atoms with E-state index in [2.05, 4.69) is 25.5 Å². The minimum Gasteiger partial charge on any atom is -0.490 e. The number of anilines is 1. The number of aromatic carboxylic acids is 1. The number of ether oxygens (including phenoxy) is 2. The topological polar surface area (TPSA) is 102 Å². The molecule has 0 fully saturated rings. The van der Waals surface area contributed by atoms with Crippen molar-refractivity contribution in [2.75, 3.05) is 17.9 Å². The number of carbonyl (C=O) groups is 1. The molecule has 0 aliphatic carbocycles. The predicted octanol–water partition coefficient (Wildman–Crippen LogP) is 5.33. The lowest BCUT2D eigenvalue weighted by Crippen LogP contribution is -2.17. The second-order valence-electron chi connectivity index (χ2n) is 8.42. The Labute approximate surface area is 200 Å². The van der Waals surface area contributed by atoms with Gasteiger partial charge in [0.1, 0.15) is 24.7 Å². The van der Waals surface area contributed by atoms with Crippen LogP contribution in [0, 0.1) is 0 Å². The summed E-state index contributed by atoms with van der Waals surface area (Å²) >= 11 is 0. The summed E-state index contributed by atoms with van der Waals surface area (Å²) in [5, 5.41) is 8.90. The summed E-state index contributed by atoms with van der Waals surface area (Å²) in [4.78, 5) is 11.1. The molecule has 0 saturated heterocycles. The Kier molecular flexibility index (Phi) is 7.83. The van der Waals surface area contributed by atoms with E-state index in [1.54, 1.807) is 48.5 Å². The summed E-state index contributed by atoms with van der Waals surface area (Å²) in [5.74, 6) is 0.123. The number of benzene rings is 3. The van der Waals surface area contributed by atoms with E-state index in [0.29, 0.717) is 17.2 Å². The minimum absolute atomic E-state index is 0.0123. The van der Waals surface area contributed by atoms with Gasteiger partial charge in [-0.15, -0.1) is 0 Å². The second-order valence-corrected chi connectivity index (χ2v) is 10.1. The number of carboxylic acids is 1. The normalized spacial score (nSPS) is 11.6. The minimum atomic E-state index is -3.70. The third-order valence-electron chi connectivity index (χ3n) is 5.66. The highest BCUT2D eigenvalue weighted by Gasteiger charge is 2.20. The smallest absolute Gasteiger partial charge is 0.335 e. The van der Waals surface area contributed by atoms with E-state index in [-0.39, 0.29) is 29.1 Å². The van der Waals surface area contributed by atoms with Gasteiger partial charge in [0.15, 0.2) is 0 Å². The van der Waals surface area contributed by atoms with Crippen molar-refractivity contribution in [1.29, 1.82) is 0 Å². The summed E-state index contributed by atoms with van der Waals surface area (Å²) in [5.41, 5.74) is 1.70. The van der Waals surface area contributed by atoms with Gasteiger partial charge in [-0.1, -0.05) is 32.9 Å². The summed E-state index contributed by atoms with van der Waals surface area (Å²) in [7, 11) is -3.70. The molecule has 3 aromatic rings. The first kappa shape index (κ1) is 25.1. The molecule has 2 N–H and O–H groups in total. The van der Waals surface area contributed by atoms with Crippen LogP contribution in [-0.2, 0) is 15.4 Å². The SMILES string of the molecule is CCC(C)(C)c1ccc(S(=O)(=O)Nc2ccc(OCCOc3ccc(C(=O)O)cc3)cc2)cc1. The maximum atomic E-state index is 12.7. The lowest BCUT2D eigenvalue weighted by Gasteiger charge is -2.23. The third-order valence-corrected chi connectivity index (χ3v) is 7.06. The van der Waals surface area contributed by atoms with Crippen LogP contribution in [0.3, 0.4) is 0 Å². The van der Waals surface area contributed by atoms with Crippen LogP contribution < -0.4 is 14.2 Å². The number of hydrogen-bond acceptors (Lipinski definition) is 5. The third kappa shape index (κ3) is 6.51. The van der Waals surface area contributed by atoms with Gasteiger partial charge < -0.3 is 14.6 Å². The fraction of sp³-hybridized carbons (Fsp3) is 0.269. The molecule has 0 amide bonds. The Morgan fingerprint density at radius 1 is 0.853 bits per heavy atom. The van der Waals surface area contributed by atoms with Gasteiger partial charge in [0.2, 0.25) is 0 Å². The molecule has 3 rings (SSSR count). The summed E-state index contributed by atoms with van der Waals surface area (Å²) in [6.45, 7) is 6.90. The molecule has 0 radical (unpaired) electrons. The average Bonchev–Trinajstić information content (AvgIpc) is 2.83. The number of nitrogens with one attached hydrogen (secondary N) is 1. The van der Waals surface area contributed by atoms with Crippen LogP contribution in [0.5, 0.6) is 11.5 Å². The number of sulfonamides is 1. The molecule has 0 aromatic heterocycles. The van der Waals surface area contributed by atoms with Gasteiger partial charge >= 0.3 is 5.97 Å². The zero-order chi connectivity index (χ0) is 24.8. The van der Waals surface area contributed by atoms with E-state index >= 15 is 0 Å². The largest absolute Gasteiger partial charge is 0.490 e. The first-order chi connectivity index (χ1) is 16.1. The summed E-state index contributed by atoms with van der Waals surface area (Å²) in [6, 6.07) is 19.7. The molecule has 0 aliphatic rings. The number of rotatable bonds is 11. The second kappa shape index (κ2) is 10.6. The quantitative estimate of drug-likeness (QED) is 0.357. The zero-order valence-electron chi connectivity index (χ0n) is 19.4. The lowest BCUT2D eigenvalue weighted by molar-refractivity contribution is 0.0696. The Morgan fingerprint density at radius 3 is 1.82 bits per heavy atom. The summed E-state index contributed by atoms with van der Waals surface area (Å²) in [6.07, 6.45) is 0.956. The molecule has 0 atom stereocenters. The standard InChI is InChI=1S/C26H29NO6S/c1-4-26(2,3)20-7-15-24(16-8-20)34(30,31)27-21-9-13-23(14-10-21)33-18-17-32-22-11-5-19(6-12-22)25(28)29/h5-16,27H,4,17-18H2,1-3H3,(H,28,29). The van der Waals surface area contributed by atoms with Gasteiger partial charge in [0.25, 0.3) is 10.0 Å². The van der Waals surface area contributed by atoms with Crippen LogP contribution in [0.2, 0.25) is 0 Å². The molecule has 7 nitrogen and oxygen atoms in total. The molecule has 0 unspecified atom stereocenters. The van der Waals surface area contributed by atoms with Crippen LogP contribution in [0.1, 0.15) is 43.1 Å². The van der Waals surface area contributed by atoms with Crippen LogP contribution in [0.15, 0.2) is 77.7 Å². The number of carboxylic acid groups (broad SMARTS) is 1. The van der Waals surface area contributed by atoms with Crippen molar-refractivity contribution in [3.05, 3.63) is 83.9 Å². The van der Waals surface area contributed by atoms with Crippen molar-refractivity contribution in [3.63, 3.8) is 0 Å². The highest BCUT2D eigenvalue weighted by Crippen LogP contribution is 2.28. The van der Waals surface area contributed by atoms with E-state index < -0.39 is 16.0 Å². The monoisotopic (exact) mass is 483 g/mol. The van der Waals surface area contributed by atoms with Gasteiger partial charge in [0.05, 0.1) is 10.5 Å². The maximum absolute atomic E-state index is 12.7. The molecule has 0 saturated carbocycles. The van der Waals surface area contributed by atoms with Crippen LogP contribution >= 0.6 is 0 Å². The van der Waals surface area contributed by atoms with Gasteiger partial charge in [-0.05, 0) is 78.1 Å². The molecule has 0 aliphatic heterocycles. The fourth-order valence-corrected chi connectivity index (χ4v) is 4.19. The van der Waals surface area contributed by atoms with Crippen molar-refractivity contribution in [3.8, 4) is 11.5 Å². The highest BCUT2D eigenvalue weighted by atomic mass is 32.2. The van der Waals surface area contributed by atoms with E-state index in [1.165, 1.54) is 12.1 Å². The van der Waals surface area contributed by atoms with Crippen molar-refractivity contribution in [2.45, 2.75) is 37.5 Å². The first-order valence-corrected chi connectivity index (χ1v) is 12.4.